The van der Waals surface area contributed by atoms with Crippen molar-refractivity contribution in [2.75, 3.05) is 0 Å². The standard InChI is InChI=1S/C10H10ClN/c1-2-8-10(11)7-5-3-4-6-9(7)12-8/h3-6,12H,2H2,1H3. The zero-order valence-electron chi connectivity index (χ0n) is 6.89. The summed E-state index contributed by atoms with van der Waals surface area (Å²) in [7, 11) is 0. The van der Waals surface area contributed by atoms with Crippen molar-refractivity contribution in [1.82, 2.24) is 4.98 Å². The Bertz CT molecular complexity index is 403. The van der Waals surface area contributed by atoms with Crippen LogP contribution >= 0.6 is 11.6 Å². The molecule has 62 valence electrons. The van der Waals surface area contributed by atoms with E-state index in [2.05, 4.69) is 11.9 Å². The fourth-order valence-corrected chi connectivity index (χ4v) is 1.75. The van der Waals surface area contributed by atoms with E-state index in [-0.39, 0.29) is 0 Å². The Morgan fingerprint density at radius 3 is 2.75 bits per heavy atom. The molecule has 1 N–H and O–H groups in total. The van der Waals surface area contributed by atoms with Gasteiger partial charge < -0.3 is 4.98 Å². The number of H-pyrrole nitrogens is 1. The summed E-state index contributed by atoms with van der Waals surface area (Å²) in [6.45, 7) is 2.09. The van der Waals surface area contributed by atoms with Gasteiger partial charge in [0.15, 0.2) is 0 Å². The highest BCUT2D eigenvalue weighted by molar-refractivity contribution is 6.36. The Morgan fingerprint density at radius 1 is 1.33 bits per heavy atom. The Kier molecular flexibility index (Phi) is 1.81. The zero-order chi connectivity index (χ0) is 8.55. The lowest BCUT2D eigenvalue weighted by atomic mass is 10.2. The molecule has 0 aliphatic carbocycles. The molecule has 0 aliphatic heterocycles. The normalized spacial score (nSPS) is 10.8. The van der Waals surface area contributed by atoms with Gasteiger partial charge >= 0.3 is 0 Å². The fraction of sp³-hybridized carbons (Fsp3) is 0.200. The van der Waals surface area contributed by atoms with Crippen LogP contribution in [-0.4, -0.2) is 4.98 Å². The van der Waals surface area contributed by atoms with Crippen molar-refractivity contribution >= 4 is 22.5 Å². The van der Waals surface area contributed by atoms with Gasteiger partial charge in [0.1, 0.15) is 0 Å². The highest BCUT2D eigenvalue weighted by Gasteiger charge is 2.05. The van der Waals surface area contributed by atoms with Gasteiger partial charge in [-0.15, -0.1) is 0 Å². The van der Waals surface area contributed by atoms with Crippen molar-refractivity contribution in [3.05, 3.63) is 35.0 Å². The van der Waals surface area contributed by atoms with E-state index in [1.165, 1.54) is 0 Å². The van der Waals surface area contributed by atoms with Gasteiger partial charge in [-0.1, -0.05) is 36.7 Å². The van der Waals surface area contributed by atoms with Crippen molar-refractivity contribution in [1.29, 1.82) is 0 Å². The molecule has 1 aromatic carbocycles. The van der Waals surface area contributed by atoms with Gasteiger partial charge in [0.2, 0.25) is 0 Å². The van der Waals surface area contributed by atoms with E-state index >= 15 is 0 Å². The zero-order valence-corrected chi connectivity index (χ0v) is 7.65. The van der Waals surface area contributed by atoms with Crippen LogP contribution in [0.25, 0.3) is 10.9 Å². The highest BCUT2D eigenvalue weighted by atomic mass is 35.5. The molecule has 1 heterocycles. The van der Waals surface area contributed by atoms with E-state index in [1.807, 2.05) is 24.3 Å². The summed E-state index contributed by atoms with van der Waals surface area (Å²) in [5.41, 5.74) is 2.25. The van der Waals surface area contributed by atoms with E-state index in [0.717, 1.165) is 28.0 Å². The number of hydrogen-bond donors (Lipinski definition) is 1. The molecule has 0 aliphatic rings. The molecule has 1 nitrogen and oxygen atoms in total. The lowest BCUT2D eigenvalue weighted by Crippen LogP contribution is -1.77. The Balaban J connectivity index is 2.78. The van der Waals surface area contributed by atoms with Gasteiger partial charge in [-0.05, 0) is 12.5 Å². The summed E-state index contributed by atoms with van der Waals surface area (Å²) in [6.07, 6.45) is 0.952. The van der Waals surface area contributed by atoms with Crippen molar-refractivity contribution < 1.29 is 0 Å². The molecule has 12 heavy (non-hydrogen) atoms. The predicted octanol–water partition coefficient (Wildman–Crippen LogP) is 3.38. The topological polar surface area (TPSA) is 15.8 Å². The summed E-state index contributed by atoms with van der Waals surface area (Å²) in [5.74, 6) is 0. The first-order chi connectivity index (χ1) is 5.83. The van der Waals surface area contributed by atoms with Crippen LogP contribution in [0.15, 0.2) is 24.3 Å². The molecule has 2 rings (SSSR count). The molecule has 0 spiro atoms. The summed E-state index contributed by atoms with van der Waals surface area (Å²) >= 11 is 6.13. The number of fused-ring (bicyclic) bond motifs is 1. The SMILES string of the molecule is CCc1[nH]c2ccccc2c1Cl. The maximum atomic E-state index is 6.13. The first-order valence-electron chi connectivity index (χ1n) is 4.08. The molecule has 0 fully saturated rings. The third-order valence-electron chi connectivity index (χ3n) is 2.07. The van der Waals surface area contributed by atoms with Gasteiger partial charge in [-0.25, -0.2) is 0 Å². The Labute approximate surface area is 76.4 Å². The van der Waals surface area contributed by atoms with Crippen LogP contribution in [0.3, 0.4) is 0 Å². The van der Waals surface area contributed by atoms with E-state index < -0.39 is 0 Å². The van der Waals surface area contributed by atoms with E-state index in [1.54, 1.807) is 0 Å². The molecule has 0 saturated carbocycles. The second kappa shape index (κ2) is 2.83. The number of para-hydroxylation sites is 1. The van der Waals surface area contributed by atoms with Crippen LogP contribution in [0, 0.1) is 0 Å². The van der Waals surface area contributed by atoms with E-state index in [4.69, 9.17) is 11.6 Å². The molecule has 0 amide bonds. The Hall–Kier alpha value is -0.950. The summed E-state index contributed by atoms with van der Waals surface area (Å²) in [6, 6.07) is 8.09. The van der Waals surface area contributed by atoms with Crippen LogP contribution in [0.5, 0.6) is 0 Å². The lowest BCUT2D eigenvalue weighted by Gasteiger charge is -1.88. The molecule has 0 saturated heterocycles. The molecular formula is C10H10ClN. The van der Waals surface area contributed by atoms with Crippen LogP contribution in [0.1, 0.15) is 12.6 Å². The van der Waals surface area contributed by atoms with Gasteiger partial charge in [-0.2, -0.15) is 0 Å². The third kappa shape index (κ3) is 1.01. The minimum atomic E-state index is 0.869. The smallest absolute Gasteiger partial charge is 0.0691 e. The van der Waals surface area contributed by atoms with Crippen LogP contribution < -0.4 is 0 Å². The molecule has 1 aromatic heterocycles. The largest absolute Gasteiger partial charge is 0.357 e. The van der Waals surface area contributed by atoms with Crippen molar-refractivity contribution in [2.24, 2.45) is 0 Å². The highest BCUT2D eigenvalue weighted by Crippen LogP contribution is 2.26. The second-order valence-electron chi connectivity index (χ2n) is 2.82. The number of aromatic nitrogens is 1. The number of aromatic amines is 1. The van der Waals surface area contributed by atoms with Crippen molar-refractivity contribution in [3.63, 3.8) is 0 Å². The predicted molar refractivity (Wildman–Crippen MR) is 52.7 cm³/mol. The number of benzene rings is 1. The minimum Gasteiger partial charge on any atom is -0.357 e. The molecule has 2 heteroatoms. The van der Waals surface area contributed by atoms with E-state index in [9.17, 15) is 0 Å². The summed E-state index contributed by atoms with van der Waals surface area (Å²) < 4.78 is 0. The molecule has 2 aromatic rings. The number of nitrogens with one attached hydrogen (secondary N) is 1. The first kappa shape index (κ1) is 7.69. The average molecular weight is 180 g/mol. The van der Waals surface area contributed by atoms with E-state index in [0.29, 0.717) is 0 Å². The molecule has 0 unspecified atom stereocenters. The third-order valence-corrected chi connectivity index (χ3v) is 2.50. The van der Waals surface area contributed by atoms with Crippen LogP contribution in [-0.2, 0) is 6.42 Å². The maximum absolute atomic E-state index is 6.13. The number of aryl methyl sites for hydroxylation is 1. The lowest BCUT2D eigenvalue weighted by molar-refractivity contribution is 1.07. The van der Waals surface area contributed by atoms with Gasteiger partial charge in [0, 0.05) is 16.6 Å². The fourth-order valence-electron chi connectivity index (χ4n) is 1.41. The Morgan fingerprint density at radius 2 is 2.08 bits per heavy atom. The van der Waals surface area contributed by atoms with Crippen molar-refractivity contribution in [3.8, 4) is 0 Å². The summed E-state index contributed by atoms with van der Waals surface area (Å²) in [5, 5.41) is 1.99. The molecule has 0 atom stereocenters. The monoisotopic (exact) mass is 179 g/mol. The molecule has 0 bridgehead atoms. The van der Waals surface area contributed by atoms with Crippen LogP contribution in [0.4, 0.5) is 0 Å². The average Bonchev–Trinajstić information content (AvgIpc) is 2.44. The second-order valence-corrected chi connectivity index (χ2v) is 3.19. The molecular weight excluding hydrogens is 170 g/mol. The summed E-state index contributed by atoms with van der Waals surface area (Å²) in [4.78, 5) is 3.28. The number of halogens is 1. The number of hydrogen-bond acceptors (Lipinski definition) is 0. The van der Waals surface area contributed by atoms with Gasteiger partial charge in [0.25, 0.3) is 0 Å². The van der Waals surface area contributed by atoms with Gasteiger partial charge in [-0.3, -0.25) is 0 Å². The first-order valence-corrected chi connectivity index (χ1v) is 4.45. The quantitative estimate of drug-likeness (QED) is 0.691. The minimum absolute atomic E-state index is 0.869. The molecule has 0 radical (unpaired) electrons. The number of rotatable bonds is 1. The maximum Gasteiger partial charge on any atom is 0.0691 e. The van der Waals surface area contributed by atoms with Crippen molar-refractivity contribution in [2.45, 2.75) is 13.3 Å². The van der Waals surface area contributed by atoms with Crippen LogP contribution in [0.2, 0.25) is 5.02 Å². The van der Waals surface area contributed by atoms with Gasteiger partial charge in [0.05, 0.1) is 5.02 Å².